The lowest BCUT2D eigenvalue weighted by Crippen LogP contribution is -2.48. The van der Waals surface area contributed by atoms with Gasteiger partial charge in [0.05, 0.1) is 18.6 Å². The Morgan fingerprint density at radius 2 is 1.60 bits per heavy atom. The SMILES string of the molecule is CC.CC(C)c1cc(CC(C=O)NC(=O)CN(C)C(=O)C(N)Cc2ccc(F)cc2)ccc1O.CCCCNC=O.CCNC. The van der Waals surface area contributed by atoms with Crippen molar-refractivity contribution in [3.05, 3.63) is 65.0 Å². The van der Waals surface area contributed by atoms with E-state index < -0.39 is 23.9 Å². The van der Waals surface area contributed by atoms with E-state index in [0.29, 0.717) is 11.8 Å². The number of benzene rings is 2. The number of nitrogens with zero attached hydrogens (tertiary/aromatic N) is 1. The van der Waals surface area contributed by atoms with Crippen LogP contribution in [0.4, 0.5) is 4.39 Å². The molecular formula is C34H56FN5O5. The number of nitrogens with two attached hydrogens (primary N) is 1. The van der Waals surface area contributed by atoms with E-state index in [0.717, 1.165) is 43.5 Å². The first-order valence-corrected chi connectivity index (χ1v) is 15.6. The van der Waals surface area contributed by atoms with Crippen molar-refractivity contribution in [2.24, 2.45) is 5.73 Å². The minimum Gasteiger partial charge on any atom is -0.508 e. The van der Waals surface area contributed by atoms with E-state index in [1.165, 1.54) is 24.1 Å². The van der Waals surface area contributed by atoms with Gasteiger partial charge in [-0.05, 0) is 73.7 Å². The summed E-state index contributed by atoms with van der Waals surface area (Å²) in [5.41, 5.74) is 8.22. The summed E-state index contributed by atoms with van der Waals surface area (Å²) in [5, 5.41) is 18.1. The van der Waals surface area contributed by atoms with E-state index in [1.54, 1.807) is 24.3 Å². The summed E-state index contributed by atoms with van der Waals surface area (Å²) in [6.45, 7) is 13.7. The molecule has 10 nitrogen and oxygen atoms in total. The molecule has 11 heteroatoms. The van der Waals surface area contributed by atoms with Crippen molar-refractivity contribution < 1.29 is 28.7 Å². The van der Waals surface area contributed by atoms with E-state index in [1.807, 2.05) is 40.8 Å². The zero-order valence-electron chi connectivity index (χ0n) is 28.4. The quantitative estimate of drug-likeness (QED) is 0.148. The molecule has 0 aliphatic rings. The van der Waals surface area contributed by atoms with Crippen molar-refractivity contribution in [1.82, 2.24) is 20.9 Å². The fraction of sp³-hybridized carbons (Fsp3) is 0.529. The van der Waals surface area contributed by atoms with Crippen LogP contribution < -0.4 is 21.7 Å². The third-order valence-corrected chi connectivity index (χ3v) is 6.23. The number of unbranched alkanes of at least 4 members (excludes halogenated alkanes) is 1. The lowest BCUT2D eigenvalue weighted by atomic mass is 9.97. The Balaban J connectivity index is 0. The van der Waals surface area contributed by atoms with Gasteiger partial charge in [0.1, 0.15) is 17.9 Å². The summed E-state index contributed by atoms with van der Waals surface area (Å²) < 4.78 is 13.0. The number of aromatic hydroxyl groups is 1. The van der Waals surface area contributed by atoms with Crippen molar-refractivity contribution in [2.75, 3.05) is 33.7 Å². The van der Waals surface area contributed by atoms with Crippen LogP contribution >= 0.6 is 0 Å². The number of carbonyl (C=O) groups excluding carboxylic acids is 4. The van der Waals surface area contributed by atoms with Crippen LogP contribution in [0.1, 0.15) is 77.0 Å². The van der Waals surface area contributed by atoms with E-state index in [9.17, 15) is 28.7 Å². The molecule has 2 aromatic carbocycles. The number of likely N-dealkylation sites (N-methyl/N-ethyl adjacent to an activating group) is 1. The molecule has 0 saturated carbocycles. The van der Waals surface area contributed by atoms with Gasteiger partial charge in [-0.3, -0.25) is 14.4 Å². The van der Waals surface area contributed by atoms with Crippen LogP contribution in [0.3, 0.4) is 0 Å². The Hall–Kier alpha value is -3.83. The van der Waals surface area contributed by atoms with Gasteiger partial charge in [0.2, 0.25) is 18.2 Å². The first kappa shape index (κ1) is 43.3. The molecule has 0 spiro atoms. The van der Waals surface area contributed by atoms with Crippen molar-refractivity contribution in [2.45, 2.75) is 85.2 Å². The van der Waals surface area contributed by atoms with Gasteiger partial charge in [-0.15, -0.1) is 0 Å². The molecule has 0 bridgehead atoms. The molecule has 0 radical (unpaired) electrons. The number of hydrogen-bond acceptors (Lipinski definition) is 7. The minimum atomic E-state index is -0.883. The van der Waals surface area contributed by atoms with Gasteiger partial charge in [0, 0.05) is 13.6 Å². The molecule has 2 atom stereocenters. The van der Waals surface area contributed by atoms with Crippen LogP contribution in [0, 0.1) is 5.82 Å². The maximum absolute atomic E-state index is 13.0. The molecule has 254 valence electrons. The second-order valence-corrected chi connectivity index (χ2v) is 10.3. The average molecular weight is 634 g/mol. The zero-order chi connectivity index (χ0) is 34.8. The number of phenols is 1. The predicted molar refractivity (Wildman–Crippen MR) is 180 cm³/mol. The maximum Gasteiger partial charge on any atom is 0.240 e. The van der Waals surface area contributed by atoms with Crippen LogP contribution in [0.15, 0.2) is 42.5 Å². The van der Waals surface area contributed by atoms with E-state index in [2.05, 4.69) is 29.8 Å². The van der Waals surface area contributed by atoms with Crippen LogP contribution in [0.25, 0.3) is 0 Å². The number of nitrogens with one attached hydrogen (secondary N) is 3. The van der Waals surface area contributed by atoms with Gasteiger partial charge in [-0.1, -0.05) is 72.2 Å². The number of aldehydes is 1. The van der Waals surface area contributed by atoms with Crippen molar-refractivity contribution in [1.29, 1.82) is 0 Å². The highest BCUT2D eigenvalue weighted by atomic mass is 19.1. The lowest BCUT2D eigenvalue weighted by molar-refractivity contribution is -0.136. The molecule has 2 aromatic rings. The highest BCUT2D eigenvalue weighted by molar-refractivity contribution is 5.88. The minimum absolute atomic E-state index is 0.109. The molecule has 0 heterocycles. The number of rotatable bonds is 15. The van der Waals surface area contributed by atoms with Gasteiger partial charge in [-0.25, -0.2) is 4.39 Å². The lowest BCUT2D eigenvalue weighted by Gasteiger charge is -2.22. The van der Waals surface area contributed by atoms with E-state index in [4.69, 9.17) is 5.73 Å². The zero-order valence-corrected chi connectivity index (χ0v) is 28.4. The topological polar surface area (TPSA) is 154 Å². The predicted octanol–water partition coefficient (Wildman–Crippen LogP) is 3.69. The first-order chi connectivity index (χ1) is 21.4. The average Bonchev–Trinajstić information content (AvgIpc) is 3.03. The molecule has 3 amide bonds. The fourth-order valence-electron chi connectivity index (χ4n) is 3.71. The summed E-state index contributed by atoms with van der Waals surface area (Å²) >= 11 is 0. The molecule has 0 aromatic heterocycles. The highest BCUT2D eigenvalue weighted by Crippen LogP contribution is 2.26. The smallest absolute Gasteiger partial charge is 0.240 e. The third-order valence-electron chi connectivity index (χ3n) is 6.23. The summed E-state index contributed by atoms with van der Waals surface area (Å²) in [7, 11) is 3.39. The Morgan fingerprint density at radius 3 is 2.09 bits per heavy atom. The fourth-order valence-corrected chi connectivity index (χ4v) is 3.71. The molecule has 2 rings (SSSR count). The number of halogens is 1. The number of amides is 3. The molecule has 0 fully saturated rings. The maximum atomic E-state index is 13.0. The first-order valence-electron chi connectivity index (χ1n) is 15.6. The number of carbonyl (C=O) groups is 4. The molecular weight excluding hydrogens is 577 g/mol. The monoisotopic (exact) mass is 633 g/mol. The summed E-state index contributed by atoms with van der Waals surface area (Å²) in [6, 6.07) is 9.12. The van der Waals surface area contributed by atoms with E-state index in [-0.39, 0.29) is 36.9 Å². The molecule has 0 aliphatic heterocycles. The van der Waals surface area contributed by atoms with Gasteiger partial charge >= 0.3 is 0 Å². The standard InChI is InChI=1S/C24H30FN3O4.C5H11NO.C3H9N.C2H6/c1-15(2)20-11-17(6-9-22(20)30)10-19(14-29)27-23(31)13-28(3)24(32)21(26)12-16-4-7-18(25)8-5-16;1-2-3-4-6-5-7;1-3-4-2;1-2/h4-9,11,14-15,19,21,30H,10,12-13,26H2,1-3H3,(H,27,31);5H,2-4H2,1H3,(H,6,7);4H,3H2,1-2H3;1-2H3. The number of hydrogen-bond donors (Lipinski definition) is 5. The summed E-state index contributed by atoms with van der Waals surface area (Å²) in [5.74, 6) is -1.01. The Morgan fingerprint density at radius 1 is 1.02 bits per heavy atom. The van der Waals surface area contributed by atoms with Crippen LogP contribution in [-0.4, -0.2) is 80.3 Å². The van der Waals surface area contributed by atoms with Crippen molar-refractivity contribution in [3.63, 3.8) is 0 Å². The highest BCUT2D eigenvalue weighted by Gasteiger charge is 2.22. The van der Waals surface area contributed by atoms with Gasteiger partial charge in [-0.2, -0.15) is 0 Å². The van der Waals surface area contributed by atoms with Gasteiger partial charge in [0.25, 0.3) is 0 Å². The third kappa shape index (κ3) is 19.9. The van der Waals surface area contributed by atoms with E-state index >= 15 is 0 Å². The van der Waals surface area contributed by atoms with Crippen LogP contribution in [-0.2, 0) is 32.0 Å². The van der Waals surface area contributed by atoms with Gasteiger partial charge in [0.15, 0.2) is 0 Å². The summed E-state index contributed by atoms with van der Waals surface area (Å²) in [4.78, 5) is 47.1. The second-order valence-electron chi connectivity index (χ2n) is 10.3. The van der Waals surface area contributed by atoms with Crippen molar-refractivity contribution >= 4 is 24.5 Å². The second kappa shape index (κ2) is 26.6. The van der Waals surface area contributed by atoms with Crippen LogP contribution in [0.2, 0.25) is 0 Å². The Bertz CT molecular complexity index is 1100. The molecule has 45 heavy (non-hydrogen) atoms. The Kier molecular flexibility index (Phi) is 25.6. The van der Waals surface area contributed by atoms with Crippen molar-refractivity contribution in [3.8, 4) is 5.75 Å². The molecule has 0 saturated heterocycles. The largest absolute Gasteiger partial charge is 0.508 e. The molecule has 2 unspecified atom stereocenters. The molecule has 6 N–H and O–H groups in total. The van der Waals surface area contributed by atoms with Crippen LogP contribution in [0.5, 0.6) is 5.75 Å². The number of phenolic OH excluding ortho intramolecular Hbond substituents is 1. The normalized spacial score (nSPS) is 11.2. The Labute approximate surface area is 269 Å². The molecule has 0 aliphatic carbocycles. The van der Waals surface area contributed by atoms with Gasteiger partial charge < -0.3 is 36.5 Å². The summed E-state index contributed by atoms with van der Waals surface area (Å²) in [6.07, 6.45) is 4.06.